The van der Waals surface area contributed by atoms with E-state index in [9.17, 15) is 28.8 Å². The Hall–Kier alpha value is -3.40. The third kappa shape index (κ3) is 5.57. The maximum Gasteiger partial charge on any atom is 0.359 e. The van der Waals surface area contributed by atoms with Gasteiger partial charge < -0.3 is 5.73 Å². The Balaban J connectivity index is 1.77. The molecule has 2 amide bonds. The standard InChI is InChI=1S/C20H22N2O8/c1-2-12(9-14(24)10-21)20(28)30-29-17(25)8-7-13(23)11-22-18(26)15-5-3-4-6-16(15)19(22)27/h3-6,12H,2,7-11,21H2,1H3. The summed E-state index contributed by atoms with van der Waals surface area (Å²) in [4.78, 5) is 81.0. The summed E-state index contributed by atoms with van der Waals surface area (Å²) in [6, 6.07) is 6.22. The zero-order valence-electron chi connectivity index (χ0n) is 16.4. The topological polar surface area (TPSA) is 150 Å². The number of hydrogen-bond acceptors (Lipinski definition) is 9. The van der Waals surface area contributed by atoms with E-state index in [1.807, 2.05) is 0 Å². The van der Waals surface area contributed by atoms with Crippen LogP contribution in [0.1, 0.15) is 53.3 Å². The lowest BCUT2D eigenvalue weighted by atomic mass is 10.00. The summed E-state index contributed by atoms with van der Waals surface area (Å²) in [6.45, 7) is 0.979. The van der Waals surface area contributed by atoms with Crippen molar-refractivity contribution in [3.63, 3.8) is 0 Å². The molecule has 160 valence electrons. The van der Waals surface area contributed by atoms with Gasteiger partial charge in [0.25, 0.3) is 11.8 Å². The third-order valence-corrected chi connectivity index (χ3v) is 4.57. The minimum absolute atomic E-state index is 0.123. The van der Waals surface area contributed by atoms with Crippen LogP contribution in [-0.2, 0) is 29.0 Å². The number of benzene rings is 1. The summed E-state index contributed by atoms with van der Waals surface area (Å²) in [5.74, 6) is -4.65. The summed E-state index contributed by atoms with van der Waals surface area (Å²) >= 11 is 0. The number of nitrogens with zero attached hydrogens (tertiary/aromatic N) is 1. The highest BCUT2D eigenvalue weighted by molar-refractivity contribution is 6.22. The fraction of sp³-hybridized carbons (Fsp3) is 0.400. The number of imide groups is 1. The van der Waals surface area contributed by atoms with Crippen LogP contribution in [0.15, 0.2) is 24.3 Å². The Bertz CT molecular complexity index is 844. The lowest BCUT2D eigenvalue weighted by molar-refractivity contribution is -0.262. The van der Waals surface area contributed by atoms with Crippen molar-refractivity contribution in [2.24, 2.45) is 11.7 Å². The van der Waals surface area contributed by atoms with Crippen molar-refractivity contribution in [2.45, 2.75) is 32.6 Å². The molecule has 1 aliphatic rings. The highest BCUT2D eigenvalue weighted by Gasteiger charge is 2.36. The molecule has 0 saturated heterocycles. The summed E-state index contributed by atoms with van der Waals surface area (Å²) in [7, 11) is 0. The number of nitrogens with two attached hydrogens (primary N) is 1. The number of hydrogen-bond donors (Lipinski definition) is 1. The van der Waals surface area contributed by atoms with Gasteiger partial charge >= 0.3 is 11.9 Å². The van der Waals surface area contributed by atoms with Crippen LogP contribution >= 0.6 is 0 Å². The van der Waals surface area contributed by atoms with E-state index in [0.717, 1.165) is 4.90 Å². The van der Waals surface area contributed by atoms with Crippen LogP contribution in [0.4, 0.5) is 0 Å². The third-order valence-electron chi connectivity index (χ3n) is 4.57. The Morgan fingerprint density at radius 2 is 1.57 bits per heavy atom. The average molecular weight is 418 g/mol. The lowest BCUT2D eigenvalue weighted by Gasteiger charge is -2.13. The van der Waals surface area contributed by atoms with Gasteiger partial charge in [0.1, 0.15) is 5.78 Å². The minimum Gasteiger partial charge on any atom is -0.324 e. The van der Waals surface area contributed by atoms with E-state index >= 15 is 0 Å². The minimum atomic E-state index is -0.973. The Labute approximate surface area is 172 Å². The van der Waals surface area contributed by atoms with E-state index in [1.54, 1.807) is 19.1 Å². The van der Waals surface area contributed by atoms with Gasteiger partial charge in [0, 0.05) is 12.8 Å². The molecule has 2 rings (SSSR count). The molecule has 10 heteroatoms. The highest BCUT2D eigenvalue weighted by Crippen LogP contribution is 2.22. The molecule has 0 fully saturated rings. The van der Waals surface area contributed by atoms with E-state index in [2.05, 4.69) is 9.78 Å². The molecule has 1 atom stereocenters. The van der Waals surface area contributed by atoms with Crippen LogP contribution in [0, 0.1) is 5.92 Å². The van der Waals surface area contributed by atoms with E-state index in [-0.39, 0.29) is 36.3 Å². The Kier molecular flexibility index (Phi) is 7.93. The van der Waals surface area contributed by atoms with Crippen LogP contribution in [-0.4, -0.2) is 53.3 Å². The molecule has 1 heterocycles. The first kappa shape index (κ1) is 22.9. The maximum atomic E-state index is 12.2. The smallest absolute Gasteiger partial charge is 0.324 e. The lowest BCUT2D eigenvalue weighted by Crippen LogP contribution is -2.35. The van der Waals surface area contributed by atoms with Gasteiger partial charge in [0.15, 0.2) is 5.78 Å². The van der Waals surface area contributed by atoms with Crippen molar-refractivity contribution in [1.82, 2.24) is 4.90 Å². The molecule has 1 unspecified atom stereocenters. The molecule has 30 heavy (non-hydrogen) atoms. The zero-order chi connectivity index (χ0) is 22.3. The predicted molar refractivity (Wildman–Crippen MR) is 101 cm³/mol. The van der Waals surface area contributed by atoms with Crippen LogP contribution < -0.4 is 5.73 Å². The normalized spacial score (nSPS) is 13.6. The van der Waals surface area contributed by atoms with Crippen LogP contribution in [0.2, 0.25) is 0 Å². The quantitative estimate of drug-likeness (QED) is 0.327. The van der Waals surface area contributed by atoms with Crippen molar-refractivity contribution in [1.29, 1.82) is 0 Å². The van der Waals surface area contributed by atoms with Crippen molar-refractivity contribution >= 4 is 35.3 Å². The highest BCUT2D eigenvalue weighted by atomic mass is 17.2. The van der Waals surface area contributed by atoms with E-state index < -0.39 is 48.4 Å². The number of ketones is 2. The van der Waals surface area contributed by atoms with Crippen molar-refractivity contribution in [3.05, 3.63) is 35.4 Å². The van der Waals surface area contributed by atoms with Gasteiger partial charge in [-0.2, -0.15) is 0 Å². The SMILES string of the molecule is CCC(CC(=O)CN)C(=O)OOC(=O)CCC(=O)CN1C(=O)c2ccccc2C1=O. The average Bonchev–Trinajstić information content (AvgIpc) is 2.99. The predicted octanol–water partition coefficient (Wildman–Crippen LogP) is 0.577. The molecular formula is C20H22N2O8. The summed E-state index contributed by atoms with van der Waals surface area (Å²) < 4.78 is 0. The van der Waals surface area contributed by atoms with Gasteiger partial charge in [-0.15, -0.1) is 0 Å². The molecule has 0 radical (unpaired) electrons. The van der Waals surface area contributed by atoms with E-state index in [0.29, 0.717) is 6.42 Å². The second kappa shape index (κ2) is 10.4. The molecule has 1 aromatic carbocycles. The number of amides is 2. The first-order chi connectivity index (χ1) is 14.3. The molecule has 0 aliphatic carbocycles. The zero-order valence-corrected chi connectivity index (χ0v) is 16.4. The molecule has 1 aromatic rings. The fourth-order valence-corrected chi connectivity index (χ4v) is 2.83. The monoisotopic (exact) mass is 418 g/mol. The summed E-state index contributed by atoms with van der Waals surface area (Å²) in [5, 5.41) is 0. The fourth-order valence-electron chi connectivity index (χ4n) is 2.83. The second-order valence-corrected chi connectivity index (χ2v) is 6.69. The van der Waals surface area contributed by atoms with Gasteiger partial charge in [-0.05, 0) is 18.6 Å². The van der Waals surface area contributed by atoms with Crippen molar-refractivity contribution in [3.8, 4) is 0 Å². The Morgan fingerprint density at radius 1 is 0.967 bits per heavy atom. The molecule has 0 spiro atoms. The summed E-state index contributed by atoms with van der Waals surface area (Å²) in [6.07, 6.45) is -0.552. The molecule has 10 nitrogen and oxygen atoms in total. The summed E-state index contributed by atoms with van der Waals surface area (Å²) in [5.41, 5.74) is 5.65. The molecule has 2 N–H and O–H groups in total. The molecular weight excluding hydrogens is 396 g/mol. The number of fused-ring (bicyclic) bond motifs is 1. The van der Waals surface area contributed by atoms with Gasteiger partial charge in [-0.1, -0.05) is 19.1 Å². The van der Waals surface area contributed by atoms with E-state index in [4.69, 9.17) is 5.73 Å². The number of Topliss-reactive ketones (excluding diaryl/α,β-unsaturated/α-hetero) is 2. The maximum absolute atomic E-state index is 12.2. The largest absolute Gasteiger partial charge is 0.359 e. The van der Waals surface area contributed by atoms with Crippen molar-refractivity contribution < 1.29 is 38.5 Å². The van der Waals surface area contributed by atoms with E-state index in [1.165, 1.54) is 12.1 Å². The van der Waals surface area contributed by atoms with Crippen LogP contribution in [0.25, 0.3) is 0 Å². The molecule has 0 bridgehead atoms. The number of rotatable bonds is 10. The first-order valence-electron chi connectivity index (χ1n) is 9.38. The van der Waals surface area contributed by atoms with Gasteiger partial charge in [-0.25, -0.2) is 19.4 Å². The number of carbonyl (C=O) groups is 6. The van der Waals surface area contributed by atoms with Gasteiger partial charge in [0.05, 0.1) is 36.6 Å². The van der Waals surface area contributed by atoms with Crippen LogP contribution in [0.5, 0.6) is 0 Å². The number of carbonyl (C=O) groups excluding carboxylic acids is 6. The molecule has 0 saturated carbocycles. The Morgan fingerprint density at radius 3 is 2.10 bits per heavy atom. The molecule has 1 aliphatic heterocycles. The second-order valence-electron chi connectivity index (χ2n) is 6.69. The first-order valence-corrected chi connectivity index (χ1v) is 9.38. The van der Waals surface area contributed by atoms with Gasteiger partial charge in [-0.3, -0.25) is 24.1 Å². The van der Waals surface area contributed by atoms with Crippen molar-refractivity contribution in [2.75, 3.05) is 13.1 Å². The van der Waals surface area contributed by atoms with Gasteiger partial charge in [0.2, 0.25) is 0 Å². The van der Waals surface area contributed by atoms with Crippen LogP contribution in [0.3, 0.4) is 0 Å². The molecule has 0 aromatic heterocycles.